The Morgan fingerprint density at radius 1 is 1.14 bits per heavy atom. The van der Waals surface area contributed by atoms with Crippen LogP contribution in [-0.4, -0.2) is 44.3 Å². The minimum absolute atomic E-state index is 0.803. The Morgan fingerprint density at radius 2 is 1.91 bits per heavy atom. The van der Waals surface area contributed by atoms with Crippen molar-refractivity contribution in [3.8, 4) is 0 Å². The zero-order valence-corrected chi connectivity index (χ0v) is 14.1. The monoisotopic (exact) mass is 302 g/mol. The first-order valence-corrected chi connectivity index (χ1v) is 8.87. The predicted octanol–water partition coefficient (Wildman–Crippen LogP) is 3.39. The average Bonchev–Trinajstić information content (AvgIpc) is 2.56. The summed E-state index contributed by atoms with van der Waals surface area (Å²) in [6.07, 6.45) is 2.75. The molecule has 3 heteroatoms. The molecule has 122 valence electrons. The fourth-order valence-electron chi connectivity index (χ4n) is 3.78. The van der Waals surface area contributed by atoms with Crippen molar-refractivity contribution in [2.45, 2.75) is 33.2 Å². The summed E-state index contributed by atoms with van der Waals surface area (Å²) in [5.41, 5.74) is 2.89. The molecule has 2 saturated heterocycles. The van der Waals surface area contributed by atoms with E-state index < -0.39 is 0 Å². The molecule has 1 aromatic carbocycles. The Bertz CT molecular complexity index is 468. The maximum absolute atomic E-state index is 5.50. The highest BCUT2D eigenvalue weighted by Gasteiger charge is 2.23. The Morgan fingerprint density at radius 3 is 2.68 bits per heavy atom. The van der Waals surface area contributed by atoms with E-state index in [1.54, 1.807) is 0 Å². The second kappa shape index (κ2) is 7.47. The summed E-state index contributed by atoms with van der Waals surface area (Å²) >= 11 is 0. The van der Waals surface area contributed by atoms with Crippen LogP contribution in [0.25, 0.3) is 0 Å². The van der Waals surface area contributed by atoms with Crippen LogP contribution in [-0.2, 0) is 11.3 Å². The van der Waals surface area contributed by atoms with Gasteiger partial charge in [-0.25, -0.2) is 0 Å². The molecule has 0 spiro atoms. The van der Waals surface area contributed by atoms with E-state index >= 15 is 0 Å². The quantitative estimate of drug-likeness (QED) is 0.848. The largest absolute Gasteiger partial charge is 0.378 e. The predicted molar refractivity (Wildman–Crippen MR) is 92.3 cm³/mol. The van der Waals surface area contributed by atoms with Crippen molar-refractivity contribution >= 4 is 5.69 Å². The summed E-state index contributed by atoms with van der Waals surface area (Å²) in [6.45, 7) is 12.1. The van der Waals surface area contributed by atoms with Crippen LogP contribution < -0.4 is 4.90 Å². The van der Waals surface area contributed by atoms with Crippen molar-refractivity contribution in [1.29, 1.82) is 0 Å². The fourth-order valence-corrected chi connectivity index (χ4v) is 3.78. The van der Waals surface area contributed by atoms with Crippen LogP contribution in [0.15, 0.2) is 24.3 Å². The van der Waals surface area contributed by atoms with Crippen LogP contribution in [0.3, 0.4) is 0 Å². The first-order valence-electron chi connectivity index (χ1n) is 8.87. The van der Waals surface area contributed by atoms with Gasteiger partial charge in [0, 0.05) is 31.9 Å². The molecule has 0 N–H and O–H groups in total. The van der Waals surface area contributed by atoms with Gasteiger partial charge in [-0.05, 0) is 42.9 Å². The smallest absolute Gasteiger partial charge is 0.0642 e. The van der Waals surface area contributed by atoms with E-state index in [-0.39, 0.29) is 0 Å². The highest BCUT2D eigenvalue weighted by molar-refractivity contribution is 5.53. The summed E-state index contributed by atoms with van der Waals surface area (Å²) in [7, 11) is 0. The van der Waals surface area contributed by atoms with Gasteiger partial charge < -0.3 is 9.64 Å². The first-order chi connectivity index (χ1) is 10.7. The lowest BCUT2D eigenvalue weighted by Crippen LogP contribution is -2.39. The van der Waals surface area contributed by atoms with Gasteiger partial charge in [0.05, 0.1) is 13.2 Å². The topological polar surface area (TPSA) is 15.7 Å². The van der Waals surface area contributed by atoms with Crippen LogP contribution in [0, 0.1) is 11.8 Å². The highest BCUT2D eigenvalue weighted by Crippen LogP contribution is 2.27. The minimum Gasteiger partial charge on any atom is -0.378 e. The van der Waals surface area contributed by atoms with Gasteiger partial charge in [0.2, 0.25) is 0 Å². The Labute approximate surface area is 135 Å². The molecule has 3 rings (SSSR count). The van der Waals surface area contributed by atoms with Crippen LogP contribution in [0.2, 0.25) is 0 Å². The van der Waals surface area contributed by atoms with Crippen molar-refractivity contribution < 1.29 is 4.74 Å². The Hall–Kier alpha value is -1.06. The third-order valence-electron chi connectivity index (χ3n) is 5.22. The van der Waals surface area contributed by atoms with Crippen LogP contribution in [0.4, 0.5) is 5.69 Å². The maximum Gasteiger partial charge on any atom is 0.0642 e. The van der Waals surface area contributed by atoms with Crippen molar-refractivity contribution in [1.82, 2.24) is 4.90 Å². The molecule has 0 unspecified atom stereocenters. The van der Waals surface area contributed by atoms with E-state index in [2.05, 4.69) is 47.9 Å². The lowest BCUT2D eigenvalue weighted by molar-refractivity contribution is 0.122. The van der Waals surface area contributed by atoms with Gasteiger partial charge in [-0.2, -0.15) is 0 Å². The molecule has 2 fully saturated rings. The van der Waals surface area contributed by atoms with E-state index in [0.29, 0.717) is 0 Å². The Kier molecular flexibility index (Phi) is 5.37. The lowest BCUT2D eigenvalue weighted by atomic mass is 9.88. The molecule has 22 heavy (non-hydrogen) atoms. The molecule has 0 amide bonds. The first kappa shape index (κ1) is 15.8. The number of ether oxygens (including phenoxy) is 1. The van der Waals surface area contributed by atoms with Crippen molar-refractivity contribution in [3.05, 3.63) is 29.8 Å². The van der Waals surface area contributed by atoms with Gasteiger partial charge in [0.1, 0.15) is 0 Å². The van der Waals surface area contributed by atoms with E-state index in [1.165, 1.54) is 37.2 Å². The number of hydrogen-bond donors (Lipinski definition) is 0. The maximum atomic E-state index is 5.50. The molecule has 2 aliphatic heterocycles. The number of benzene rings is 1. The summed E-state index contributed by atoms with van der Waals surface area (Å²) < 4.78 is 5.50. The van der Waals surface area contributed by atoms with Crippen LogP contribution in [0.5, 0.6) is 0 Å². The van der Waals surface area contributed by atoms with Gasteiger partial charge in [-0.1, -0.05) is 32.0 Å². The SMILES string of the molecule is CC(C)[C@H]1CCCN(Cc2ccccc2N2CCOCC2)C1. The third-order valence-corrected chi connectivity index (χ3v) is 5.22. The molecule has 0 aliphatic carbocycles. The molecule has 0 saturated carbocycles. The van der Waals surface area contributed by atoms with Gasteiger partial charge in [-0.3, -0.25) is 4.90 Å². The number of para-hydroxylation sites is 1. The minimum atomic E-state index is 0.803. The number of likely N-dealkylation sites (tertiary alicyclic amines) is 1. The number of hydrogen-bond acceptors (Lipinski definition) is 3. The van der Waals surface area contributed by atoms with E-state index in [0.717, 1.165) is 44.7 Å². The molecule has 0 bridgehead atoms. The second-order valence-electron chi connectivity index (χ2n) is 7.11. The van der Waals surface area contributed by atoms with Gasteiger partial charge in [0.15, 0.2) is 0 Å². The van der Waals surface area contributed by atoms with E-state index in [1.807, 2.05) is 0 Å². The average molecular weight is 302 g/mol. The van der Waals surface area contributed by atoms with E-state index in [4.69, 9.17) is 4.74 Å². The van der Waals surface area contributed by atoms with Crippen molar-refractivity contribution in [2.75, 3.05) is 44.3 Å². The number of anilines is 1. The number of nitrogens with zero attached hydrogens (tertiary/aromatic N) is 2. The number of rotatable bonds is 4. The molecular weight excluding hydrogens is 272 g/mol. The van der Waals surface area contributed by atoms with Crippen molar-refractivity contribution in [3.63, 3.8) is 0 Å². The molecule has 1 aromatic rings. The molecule has 1 atom stereocenters. The van der Waals surface area contributed by atoms with Gasteiger partial charge >= 0.3 is 0 Å². The van der Waals surface area contributed by atoms with Gasteiger partial charge in [0.25, 0.3) is 0 Å². The van der Waals surface area contributed by atoms with Crippen molar-refractivity contribution in [2.24, 2.45) is 11.8 Å². The summed E-state index contributed by atoms with van der Waals surface area (Å²) in [4.78, 5) is 5.15. The lowest BCUT2D eigenvalue weighted by Gasteiger charge is -2.36. The number of morpholine rings is 1. The summed E-state index contributed by atoms with van der Waals surface area (Å²) in [6, 6.07) is 8.94. The molecule has 2 aliphatic rings. The normalized spacial score (nSPS) is 24.0. The molecule has 2 heterocycles. The van der Waals surface area contributed by atoms with E-state index in [9.17, 15) is 0 Å². The fraction of sp³-hybridized carbons (Fsp3) is 0.684. The molecular formula is C19H30N2O. The zero-order chi connectivity index (χ0) is 15.4. The zero-order valence-electron chi connectivity index (χ0n) is 14.1. The standard InChI is InChI=1S/C19H30N2O/c1-16(2)17-7-5-9-20(14-17)15-18-6-3-4-8-19(18)21-10-12-22-13-11-21/h3-4,6,8,16-17H,5,7,9-15H2,1-2H3/t17-/m0/s1. The third kappa shape index (κ3) is 3.82. The van der Waals surface area contributed by atoms with Crippen LogP contribution >= 0.6 is 0 Å². The van der Waals surface area contributed by atoms with Crippen LogP contribution in [0.1, 0.15) is 32.3 Å². The Balaban J connectivity index is 1.69. The van der Waals surface area contributed by atoms with Gasteiger partial charge in [-0.15, -0.1) is 0 Å². The molecule has 0 aromatic heterocycles. The summed E-state index contributed by atoms with van der Waals surface area (Å²) in [5.74, 6) is 1.67. The number of piperidine rings is 1. The highest BCUT2D eigenvalue weighted by atomic mass is 16.5. The second-order valence-corrected chi connectivity index (χ2v) is 7.11. The summed E-state index contributed by atoms with van der Waals surface area (Å²) in [5, 5.41) is 0. The molecule has 3 nitrogen and oxygen atoms in total. The molecule has 0 radical (unpaired) electrons.